The van der Waals surface area contributed by atoms with Crippen molar-refractivity contribution in [3.63, 3.8) is 0 Å². The largest absolute Gasteiger partial charge is 0.393 e. The minimum atomic E-state index is 0.0389. The molecule has 0 spiro atoms. The molecule has 0 radical (unpaired) electrons. The zero-order valence-electron chi connectivity index (χ0n) is 12.7. The molecule has 1 saturated heterocycles. The third-order valence-electron chi connectivity index (χ3n) is 5.07. The maximum absolute atomic E-state index is 6.01. The normalized spacial score (nSPS) is 25.3. The van der Waals surface area contributed by atoms with Crippen LogP contribution in [-0.4, -0.2) is 36.1 Å². The van der Waals surface area contributed by atoms with Gasteiger partial charge in [-0.3, -0.25) is 0 Å². The average Bonchev–Trinajstić information content (AvgIpc) is 2.50. The molecule has 1 aromatic rings. The standard InChI is InChI=1S/C17H24N2OS/c1-17(16(18)21)7-9-19(10-8-17)12-15-14-5-3-2-4-13(14)6-11-20-15/h2-5,15H,6-12H2,1H3,(H2,18,21). The first-order valence-electron chi connectivity index (χ1n) is 7.80. The lowest BCUT2D eigenvalue weighted by Gasteiger charge is -2.40. The first-order valence-corrected chi connectivity index (χ1v) is 8.21. The third-order valence-corrected chi connectivity index (χ3v) is 5.56. The number of fused-ring (bicyclic) bond motifs is 1. The van der Waals surface area contributed by atoms with Gasteiger partial charge in [-0.05, 0) is 43.5 Å². The SMILES string of the molecule is CC1(C(N)=S)CCN(CC2OCCc3ccccc32)CC1. The summed E-state index contributed by atoms with van der Waals surface area (Å²) in [5, 5.41) is 0. The maximum atomic E-state index is 6.01. The van der Waals surface area contributed by atoms with E-state index >= 15 is 0 Å². The number of piperidine rings is 1. The van der Waals surface area contributed by atoms with E-state index in [4.69, 9.17) is 22.7 Å². The maximum Gasteiger partial charge on any atom is 0.0954 e. The predicted octanol–water partition coefficient (Wildman–Crippen LogP) is 2.69. The summed E-state index contributed by atoms with van der Waals surface area (Å²) in [4.78, 5) is 3.16. The first-order chi connectivity index (χ1) is 10.1. The van der Waals surface area contributed by atoms with E-state index in [1.54, 1.807) is 0 Å². The molecule has 3 rings (SSSR count). The Hall–Kier alpha value is -0.970. The second-order valence-electron chi connectivity index (χ2n) is 6.53. The van der Waals surface area contributed by atoms with Crippen LogP contribution in [0.3, 0.4) is 0 Å². The van der Waals surface area contributed by atoms with Crippen molar-refractivity contribution in [1.82, 2.24) is 4.90 Å². The molecule has 1 unspecified atom stereocenters. The number of benzene rings is 1. The quantitative estimate of drug-likeness (QED) is 0.872. The Kier molecular flexibility index (Phi) is 4.29. The average molecular weight is 304 g/mol. The number of ether oxygens (including phenoxy) is 1. The molecule has 1 aromatic carbocycles. The molecule has 4 heteroatoms. The van der Waals surface area contributed by atoms with Crippen LogP contribution in [0.5, 0.6) is 0 Å². The van der Waals surface area contributed by atoms with Crippen molar-refractivity contribution in [2.75, 3.05) is 26.2 Å². The molecule has 2 heterocycles. The number of rotatable bonds is 3. The van der Waals surface area contributed by atoms with Gasteiger partial charge in [-0.1, -0.05) is 43.4 Å². The lowest BCUT2D eigenvalue weighted by molar-refractivity contribution is 0.00664. The van der Waals surface area contributed by atoms with Crippen LogP contribution in [-0.2, 0) is 11.2 Å². The highest BCUT2D eigenvalue weighted by Gasteiger charge is 2.34. The monoisotopic (exact) mass is 304 g/mol. The molecule has 0 aromatic heterocycles. The summed E-state index contributed by atoms with van der Waals surface area (Å²) in [6.07, 6.45) is 3.35. The van der Waals surface area contributed by atoms with Crippen molar-refractivity contribution in [3.8, 4) is 0 Å². The van der Waals surface area contributed by atoms with E-state index in [-0.39, 0.29) is 11.5 Å². The fourth-order valence-electron chi connectivity index (χ4n) is 3.34. The van der Waals surface area contributed by atoms with Gasteiger partial charge in [-0.2, -0.15) is 0 Å². The molecule has 3 nitrogen and oxygen atoms in total. The minimum absolute atomic E-state index is 0.0389. The lowest BCUT2D eigenvalue weighted by Crippen LogP contribution is -2.46. The summed E-state index contributed by atoms with van der Waals surface area (Å²) in [5.41, 5.74) is 8.73. The molecule has 0 aliphatic carbocycles. The summed E-state index contributed by atoms with van der Waals surface area (Å²) in [5.74, 6) is 0. The van der Waals surface area contributed by atoms with Crippen LogP contribution in [0.2, 0.25) is 0 Å². The number of likely N-dealkylation sites (tertiary alicyclic amines) is 1. The molecule has 114 valence electrons. The highest BCUT2D eigenvalue weighted by Crippen LogP contribution is 2.33. The van der Waals surface area contributed by atoms with E-state index in [0.29, 0.717) is 4.99 Å². The highest BCUT2D eigenvalue weighted by atomic mass is 32.1. The van der Waals surface area contributed by atoms with Gasteiger partial charge < -0.3 is 15.4 Å². The molecule has 2 N–H and O–H groups in total. The molecular formula is C17H24N2OS. The van der Waals surface area contributed by atoms with Crippen LogP contribution < -0.4 is 5.73 Å². The van der Waals surface area contributed by atoms with Gasteiger partial charge in [-0.15, -0.1) is 0 Å². The van der Waals surface area contributed by atoms with E-state index < -0.39 is 0 Å². The molecule has 0 bridgehead atoms. The van der Waals surface area contributed by atoms with E-state index in [9.17, 15) is 0 Å². The second-order valence-corrected chi connectivity index (χ2v) is 6.97. The van der Waals surface area contributed by atoms with Crippen molar-refractivity contribution in [3.05, 3.63) is 35.4 Å². The van der Waals surface area contributed by atoms with Crippen LogP contribution in [0.25, 0.3) is 0 Å². The first kappa shape index (κ1) is 14.9. The molecule has 2 aliphatic rings. The zero-order chi connectivity index (χ0) is 14.9. The minimum Gasteiger partial charge on any atom is -0.393 e. The summed E-state index contributed by atoms with van der Waals surface area (Å²) < 4.78 is 6.01. The predicted molar refractivity (Wildman–Crippen MR) is 89.4 cm³/mol. The molecule has 21 heavy (non-hydrogen) atoms. The molecule has 1 atom stereocenters. The van der Waals surface area contributed by atoms with Crippen LogP contribution in [0.1, 0.15) is 37.0 Å². The van der Waals surface area contributed by atoms with Crippen molar-refractivity contribution in [1.29, 1.82) is 0 Å². The topological polar surface area (TPSA) is 38.5 Å². The zero-order valence-corrected chi connectivity index (χ0v) is 13.5. The molecule has 0 saturated carbocycles. The Balaban J connectivity index is 1.63. The van der Waals surface area contributed by atoms with Crippen LogP contribution in [0.15, 0.2) is 24.3 Å². The Bertz CT molecular complexity index is 523. The number of hydrogen-bond donors (Lipinski definition) is 1. The summed E-state index contributed by atoms with van der Waals surface area (Å²) in [6, 6.07) is 8.67. The van der Waals surface area contributed by atoms with E-state index in [1.165, 1.54) is 11.1 Å². The van der Waals surface area contributed by atoms with Crippen LogP contribution in [0.4, 0.5) is 0 Å². The van der Waals surface area contributed by atoms with Gasteiger partial charge in [0.25, 0.3) is 0 Å². The van der Waals surface area contributed by atoms with Gasteiger partial charge in [0.05, 0.1) is 17.7 Å². The van der Waals surface area contributed by atoms with Gasteiger partial charge in [0.15, 0.2) is 0 Å². The number of nitrogens with two attached hydrogens (primary N) is 1. The van der Waals surface area contributed by atoms with E-state index in [1.807, 2.05) is 0 Å². The number of hydrogen-bond acceptors (Lipinski definition) is 3. The van der Waals surface area contributed by atoms with Crippen molar-refractivity contribution >= 4 is 17.2 Å². The van der Waals surface area contributed by atoms with Gasteiger partial charge in [0.1, 0.15) is 0 Å². The van der Waals surface area contributed by atoms with Crippen LogP contribution in [0, 0.1) is 5.41 Å². The highest BCUT2D eigenvalue weighted by molar-refractivity contribution is 7.80. The number of thiocarbonyl (C=S) groups is 1. The van der Waals surface area contributed by atoms with Crippen molar-refractivity contribution < 1.29 is 4.74 Å². The Morgan fingerprint density at radius 3 is 2.81 bits per heavy atom. The van der Waals surface area contributed by atoms with Crippen molar-refractivity contribution in [2.24, 2.45) is 11.1 Å². The molecule has 0 amide bonds. The van der Waals surface area contributed by atoms with E-state index in [0.717, 1.165) is 45.5 Å². The third kappa shape index (κ3) is 3.12. The molecular weight excluding hydrogens is 280 g/mol. The van der Waals surface area contributed by atoms with Gasteiger partial charge in [-0.25, -0.2) is 0 Å². The van der Waals surface area contributed by atoms with E-state index in [2.05, 4.69) is 36.1 Å². The Morgan fingerprint density at radius 1 is 1.38 bits per heavy atom. The smallest absolute Gasteiger partial charge is 0.0954 e. The van der Waals surface area contributed by atoms with Crippen molar-refractivity contribution in [2.45, 2.75) is 32.3 Å². The lowest BCUT2D eigenvalue weighted by atomic mass is 9.80. The summed E-state index contributed by atoms with van der Waals surface area (Å²) in [7, 11) is 0. The fourth-order valence-corrected chi connectivity index (χ4v) is 3.54. The summed E-state index contributed by atoms with van der Waals surface area (Å²) >= 11 is 5.22. The Morgan fingerprint density at radius 2 is 2.10 bits per heavy atom. The van der Waals surface area contributed by atoms with Gasteiger partial charge in [0.2, 0.25) is 0 Å². The number of nitrogens with zero attached hydrogens (tertiary/aromatic N) is 1. The second kappa shape index (κ2) is 6.03. The molecule has 1 fully saturated rings. The molecule has 2 aliphatic heterocycles. The van der Waals surface area contributed by atoms with Gasteiger partial charge in [0, 0.05) is 12.0 Å². The fraction of sp³-hybridized carbons (Fsp3) is 0.588. The van der Waals surface area contributed by atoms with Crippen LogP contribution >= 0.6 is 12.2 Å². The summed E-state index contributed by atoms with van der Waals surface area (Å²) in [6.45, 7) is 6.11. The van der Waals surface area contributed by atoms with Gasteiger partial charge >= 0.3 is 0 Å². The Labute approximate surface area is 132 Å².